The van der Waals surface area contributed by atoms with Gasteiger partial charge in [-0.3, -0.25) is 0 Å². The summed E-state index contributed by atoms with van der Waals surface area (Å²) in [6.45, 7) is 20.5. The van der Waals surface area contributed by atoms with E-state index in [9.17, 15) is 8.78 Å². The van der Waals surface area contributed by atoms with Gasteiger partial charge >= 0.3 is 0 Å². The molecule has 0 amide bonds. The molecule has 0 bridgehead atoms. The summed E-state index contributed by atoms with van der Waals surface area (Å²) in [7, 11) is 0. The molecule has 1 nitrogen and oxygen atoms in total. The average molecular weight is 371 g/mol. The van der Waals surface area contributed by atoms with E-state index in [1.165, 1.54) is 12.8 Å². The molecule has 0 heterocycles. The van der Waals surface area contributed by atoms with Crippen LogP contribution in [0.3, 0.4) is 0 Å². The van der Waals surface area contributed by atoms with Crippen molar-refractivity contribution in [2.75, 3.05) is 6.61 Å². The molecule has 3 unspecified atom stereocenters. The van der Waals surface area contributed by atoms with Gasteiger partial charge in [0.15, 0.2) is 17.4 Å². The first-order valence-corrected chi connectivity index (χ1v) is 10.2. The summed E-state index contributed by atoms with van der Waals surface area (Å²) < 4.78 is 33.7. The van der Waals surface area contributed by atoms with Crippen LogP contribution < -0.4 is 0 Å². The fraction of sp³-hybridized carbons (Fsp3) is 0.739. The van der Waals surface area contributed by atoms with Crippen LogP contribution in [0.1, 0.15) is 80.1 Å². The lowest BCUT2D eigenvalue weighted by atomic mass is 9.83. The molecule has 0 aliphatic carbocycles. The monoisotopic (exact) mass is 370 g/mol. The number of allylic oxidation sites excluding steroid dienone is 3. The van der Waals surface area contributed by atoms with E-state index in [1.807, 2.05) is 13.8 Å². The summed E-state index contributed by atoms with van der Waals surface area (Å²) in [5, 5.41) is 0. The van der Waals surface area contributed by atoms with Crippen LogP contribution >= 0.6 is 0 Å². The van der Waals surface area contributed by atoms with E-state index in [0.717, 1.165) is 31.6 Å². The molecular formula is C23H40F2O. The zero-order chi connectivity index (χ0) is 20.3. The molecule has 3 heteroatoms. The Morgan fingerprint density at radius 1 is 0.846 bits per heavy atom. The molecule has 0 aliphatic heterocycles. The van der Waals surface area contributed by atoms with Crippen molar-refractivity contribution in [3.8, 4) is 0 Å². The first kappa shape index (κ1) is 24.9. The highest BCUT2D eigenvalue weighted by Crippen LogP contribution is 2.32. The molecule has 0 spiro atoms. The number of ether oxygens (including phenoxy) is 1. The van der Waals surface area contributed by atoms with Crippen LogP contribution in [-0.2, 0) is 4.74 Å². The van der Waals surface area contributed by atoms with E-state index < -0.39 is 11.7 Å². The van der Waals surface area contributed by atoms with Gasteiger partial charge < -0.3 is 4.74 Å². The predicted octanol–water partition coefficient (Wildman–Crippen LogP) is 8.15. The summed E-state index contributed by atoms with van der Waals surface area (Å²) >= 11 is 0. The predicted molar refractivity (Wildman–Crippen MR) is 109 cm³/mol. The Morgan fingerprint density at radius 2 is 1.38 bits per heavy atom. The van der Waals surface area contributed by atoms with Crippen LogP contribution in [0.25, 0.3) is 0 Å². The van der Waals surface area contributed by atoms with Gasteiger partial charge in [0.25, 0.3) is 0 Å². The molecule has 0 aromatic rings. The number of unbranched alkanes of at least 4 members (excludes halogenated alkanes) is 1. The number of hydrogen-bond acceptors (Lipinski definition) is 1. The summed E-state index contributed by atoms with van der Waals surface area (Å²) in [6.07, 6.45) is 5.96. The number of hydrogen-bond donors (Lipinski definition) is 0. The summed E-state index contributed by atoms with van der Waals surface area (Å²) in [5.41, 5.74) is 0.199. The van der Waals surface area contributed by atoms with E-state index >= 15 is 0 Å². The van der Waals surface area contributed by atoms with Crippen molar-refractivity contribution in [3.05, 3.63) is 36.1 Å². The first-order valence-electron chi connectivity index (χ1n) is 10.2. The van der Waals surface area contributed by atoms with Gasteiger partial charge in [-0.1, -0.05) is 74.0 Å². The Labute approximate surface area is 160 Å². The fourth-order valence-electron chi connectivity index (χ4n) is 2.74. The fourth-order valence-corrected chi connectivity index (χ4v) is 2.74. The minimum atomic E-state index is -1.02. The third-order valence-electron chi connectivity index (χ3n) is 5.31. The summed E-state index contributed by atoms with van der Waals surface area (Å²) in [4.78, 5) is 0. The van der Waals surface area contributed by atoms with Gasteiger partial charge in [0, 0.05) is 0 Å². The summed E-state index contributed by atoms with van der Waals surface area (Å²) in [6, 6.07) is 0. The third-order valence-corrected chi connectivity index (χ3v) is 5.31. The minimum Gasteiger partial charge on any atom is -0.491 e. The van der Waals surface area contributed by atoms with Crippen LogP contribution in [0.15, 0.2) is 36.1 Å². The second-order valence-electron chi connectivity index (χ2n) is 8.18. The van der Waals surface area contributed by atoms with Gasteiger partial charge in [0.05, 0.1) is 6.61 Å². The topological polar surface area (TPSA) is 9.23 Å². The largest absolute Gasteiger partial charge is 0.491 e. The Balaban J connectivity index is 4.55. The van der Waals surface area contributed by atoms with Crippen LogP contribution in [0.5, 0.6) is 0 Å². The van der Waals surface area contributed by atoms with Crippen molar-refractivity contribution >= 4 is 0 Å². The smallest absolute Gasteiger partial charge is 0.200 e. The van der Waals surface area contributed by atoms with Crippen LogP contribution in [0.4, 0.5) is 8.78 Å². The van der Waals surface area contributed by atoms with Gasteiger partial charge in [-0.25, -0.2) is 4.39 Å². The van der Waals surface area contributed by atoms with Crippen molar-refractivity contribution in [1.82, 2.24) is 0 Å². The standard InChI is InChI=1S/C23H40F2O/c1-9-10-15-26-21(8)23(25)22(24)20(7)19(6)14-13-18(5)17(4)12-11-16(2)3/h16-19H,7-15H2,1-6H3/b23-22-. The first-order chi connectivity index (χ1) is 12.1. The Hall–Kier alpha value is -1.12. The van der Waals surface area contributed by atoms with Crippen molar-refractivity contribution in [1.29, 1.82) is 0 Å². The van der Waals surface area contributed by atoms with Gasteiger partial charge in [0.2, 0.25) is 0 Å². The van der Waals surface area contributed by atoms with E-state index in [2.05, 4.69) is 40.9 Å². The molecular weight excluding hydrogens is 330 g/mol. The molecule has 152 valence electrons. The van der Waals surface area contributed by atoms with Gasteiger partial charge in [-0.05, 0) is 48.5 Å². The Bertz CT molecular complexity index is 465. The van der Waals surface area contributed by atoms with Gasteiger partial charge in [-0.15, -0.1) is 0 Å². The molecule has 0 radical (unpaired) electrons. The SMILES string of the molecule is C=C(OCCCC)/C(F)=C(/F)C(=C)C(C)CCC(C)C(C)CCC(C)C. The van der Waals surface area contributed by atoms with Gasteiger partial charge in [-0.2, -0.15) is 4.39 Å². The van der Waals surface area contributed by atoms with E-state index in [0.29, 0.717) is 18.4 Å². The lowest BCUT2D eigenvalue weighted by Crippen LogP contribution is -2.11. The van der Waals surface area contributed by atoms with E-state index in [-0.39, 0.29) is 17.3 Å². The maximum absolute atomic E-state index is 14.4. The Morgan fingerprint density at radius 3 is 1.88 bits per heavy atom. The van der Waals surface area contributed by atoms with Crippen LogP contribution in [0.2, 0.25) is 0 Å². The molecule has 0 aromatic heterocycles. The second kappa shape index (κ2) is 13.1. The van der Waals surface area contributed by atoms with E-state index in [4.69, 9.17) is 4.74 Å². The molecule has 0 N–H and O–H groups in total. The zero-order valence-corrected chi connectivity index (χ0v) is 17.8. The molecule has 0 aromatic carbocycles. The van der Waals surface area contributed by atoms with Crippen LogP contribution in [-0.4, -0.2) is 6.61 Å². The quantitative estimate of drug-likeness (QED) is 0.170. The van der Waals surface area contributed by atoms with Crippen molar-refractivity contribution in [3.63, 3.8) is 0 Å². The summed E-state index contributed by atoms with van der Waals surface area (Å²) in [5.74, 6) is -0.354. The molecule has 0 rings (SSSR count). The van der Waals surface area contributed by atoms with Crippen molar-refractivity contribution < 1.29 is 13.5 Å². The molecule has 26 heavy (non-hydrogen) atoms. The second-order valence-corrected chi connectivity index (χ2v) is 8.18. The van der Waals surface area contributed by atoms with Crippen molar-refractivity contribution in [2.45, 2.75) is 80.1 Å². The maximum atomic E-state index is 14.4. The maximum Gasteiger partial charge on any atom is 0.200 e. The minimum absolute atomic E-state index is 0.107. The molecule has 0 saturated carbocycles. The van der Waals surface area contributed by atoms with Gasteiger partial charge in [0.1, 0.15) is 0 Å². The molecule has 3 atom stereocenters. The lowest BCUT2D eigenvalue weighted by molar-refractivity contribution is 0.203. The Kier molecular flexibility index (Phi) is 12.5. The molecule has 0 saturated heterocycles. The third kappa shape index (κ3) is 9.54. The average Bonchev–Trinajstić information content (AvgIpc) is 2.61. The highest BCUT2D eigenvalue weighted by molar-refractivity contribution is 5.33. The normalized spacial score (nSPS) is 16.0. The molecule has 0 fully saturated rings. The highest BCUT2D eigenvalue weighted by atomic mass is 19.2. The van der Waals surface area contributed by atoms with Crippen molar-refractivity contribution in [2.24, 2.45) is 23.7 Å². The van der Waals surface area contributed by atoms with E-state index in [1.54, 1.807) is 0 Å². The number of halogens is 2. The zero-order valence-electron chi connectivity index (χ0n) is 17.8. The highest BCUT2D eigenvalue weighted by Gasteiger charge is 2.20. The molecule has 0 aliphatic rings. The number of rotatable bonds is 14. The van der Waals surface area contributed by atoms with Crippen LogP contribution in [0, 0.1) is 23.7 Å². The lowest BCUT2D eigenvalue weighted by Gasteiger charge is -2.23.